The Morgan fingerprint density at radius 1 is 1.35 bits per heavy atom. The van der Waals surface area contributed by atoms with E-state index in [4.69, 9.17) is 23.2 Å². The number of halogens is 2. The fraction of sp³-hybridized carbons (Fsp3) is 0.231. The molecule has 0 aliphatic heterocycles. The molecular formula is C13H14Cl2N4O. The van der Waals surface area contributed by atoms with Crippen molar-refractivity contribution in [1.29, 1.82) is 0 Å². The van der Waals surface area contributed by atoms with Gasteiger partial charge in [-0.15, -0.1) is 0 Å². The highest BCUT2D eigenvalue weighted by molar-refractivity contribution is 6.35. The molecule has 2 amide bonds. The van der Waals surface area contributed by atoms with Crippen LogP contribution in [0.3, 0.4) is 0 Å². The van der Waals surface area contributed by atoms with Gasteiger partial charge in [0.1, 0.15) is 5.82 Å². The smallest absolute Gasteiger partial charge is 0.319 e. The van der Waals surface area contributed by atoms with Crippen LogP contribution in [0.15, 0.2) is 30.6 Å². The molecule has 0 aliphatic carbocycles. The zero-order valence-electron chi connectivity index (χ0n) is 10.8. The lowest BCUT2D eigenvalue weighted by Crippen LogP contribution is -2.32. The molecule has 0 spiro atoms. The van der Waals surface area contributed by atoms with Crippen LogP contribution in [0.5, 0.6) is 0 Å². The van der Waals surface area contributed by atoms with Gasteiger partial charge >= 0.3 is 6.03 Å². The van der Waals surface area contributed by atoms with E-state index in [-0.39, 0.29) is 12.1 Å². The predicted molar refractivity (Wildman–Crippen MR) is 80.2 cm³/mol. The molecule has 0 saturated heterocycles. The molecular weight excluding hydrogens is 299 g/mol. The first-order valence-electron chi connectivity index (χ1n) is 6.11. The summed E-state index contributed by atoms with van der Waals surface area (Å²) in [6.07, 6.45) is 4.08. The number of aromatic nitrogens is 2. The van der Waals surface area contributed by atoms with E-state index in [0.29, 0.717) is 21.6 Å². The van der Waals surface area contributed by atoms with Gasteiger partial charge in [0.15, 0.2) is 0 Å². The summed E-state index contributed by atoms with van der Waals surface area (Å²) in [5.74, 6) is 0.715. The number of rotatable bonds is 4. The molecule has 1 aromatic heterocycles. The van der Waals surface area contributed by atoms with Crippen LogP contribution in [-0.2, 0) is 0 Å². The number of carbonyl (C=O) groups is 1. The lowest BCUT2D eigenvalue weighted by Gasteiger charge is -2.15. The number of imidazole rings is 1. The second-order valence-electron chi connectivity index (χ2n) is 4.19. The Hall–Kier alpha value is -1.72. The average molecular weight is 313 g/mol. The van der Waals surface area contributed by atoms with E-state index in [9.17, 15) is 4.79 Å². The van der Waals surface area contributed by atoms with E-state index in [1.807, 2.05) is 6.92 Å². The van der Waals surface area contributed by atoms with Crippen LogP contribution in [-0.4, -0.2) is 16.0 Å². The van der Waals surface area contributed by atoms with Crippen molar-refractivity contribution < 1.29 is 4.79 Å². The molecule has 1 atom stereocenters. The standard InChI is InChI=1S/C13H14Cl2N4O/c1-2-11(12-16-3-4-17-12)19-13(20)18-10-6-8(14)5-9(15)7-10/h3-7,11H,2H2,1H3,(H,16,17)(H2,18,19,20). The summed E-state index contributed by atoms with van der Waals surface area (Å²) in [5, 5.41) is 6.44. The summed E-state index contributed by atoms with van der Waals surface area (Å²) >= 11 is 11.8. The Balaban J connectivity index is 2.01. The van der Waals surface area contributed by atoms with Gasteiger partial charge in [0, 0.05) is 28.1 Å². The van der Waals surface area contributed by atoms with Gasteiger partial charge in [-0.3, -0.25) is 0 Å². The number of hydrogen-bond donors (Lipinski definition) is 3. The van der Waals surface area contributed by atoms with Gasteiger partial charge in [-0.2, -0.15) is 0 Å². The number of benzene rings is 1. The van der Waals surface area contributed by atoms with Gasteiger partial charge in [0.25, 0.3) is 0 Å². The average Bonchev–Trinajstić information content (AvgIpc) is 2.88. The van der Waals surface area contributed by atoms with Crippen LogP contribution in [0.1, 0.15) is 25.2 Å². The van der Waals surface area contributed by atoms with Crippen molar-refractivity contribution in [2.24, 2.45) is 0 Å². The molecule has 1 unspecified atom stereocenters. The van der Waals surface area contributed by atoms with Crippen LogP contribution in [0.25, 0.3) is 0 Å². The van der Waals surface area contributed by atoms with E-state index >= 15 is 0 Å². The summed E-state index contributed by atoms with van der Waals surface area (Å²) < 4.78 is 0. The molecule has 0 fully saturated rings. The van der Waals surface area contributed by atoms with Gasteiger partial charge in [-0.25, -0.2) is 9.78 Å². The van der Waals surface area contributed by atoms with Crippen molar-refractivity contribution >= 4 is 34.9 Å². The zero-order valence-corrected chi connectivity index (χ0v) is 12.3. The first-order valence-corrected chi connectivity index (χ1v) is 6.87. The van der Waals surface area contributed by atoms with Crippen molar-refractivity contribution in [3.63, 3.8) is 0 Å². The Morgan fingerprint density at radius 2 is 2.05 bits per heavy atom. The molecule has 0 saturated carbocycles. The van der Waals surface area contributed by atoms with E-state index in [2.05, 4.69) is 20.6 Å². The number of anilines is 1. The highest BCUT2D eigenvalue weighted by Crippen LogP contribution is 2.22. The first-order chi connectivity index (χ1) is 9.58. The molecule has 3 N–H and O–H groups in total. The highest BCUT2D eigenvalue weighted by atomic mass is 35.5. The second-order valence-corrected chi connectivity index (χ2v) is 5.06. The van der Waals surface area contributed by atoms with Gasteiger partial charge in [0.05, 0.1) is 6.04 Å². The maximum Gasteiger partial charge on any atom is 0.319 e. The molecule has 7 heteroatoms. The van der Waals surface area contributed by atoms with Crippen molar-refractivity contribution in [3.05, 3.63) is 46.5 Å². The number of hydrogen-bond acceptors (Lipinski definition) is 2. The normalized spacial score (nSPS) is 11.9. The van der Waals surface area contributed by atoms with Crippen molar-refractivity contribution in [2.45, 2.75) is 19.4 Å². The Bertz CT molecular complexity index is 566. The third kappa shape index (κ3) is 3.88. The molecule has 106 valence electrons. The summed E-state index contributed by atoms with van der Waals surface area (Å²) in [5.41, 5.74) is 0.536. The summed E-state index contributed by atoms with van der Waals surface area (Å²) in [7, 11) is 0. The number of urea groups is 1. The van der Waals surface area contributed by atoms with Crippen molar-refractivity contribution in [2.75, 3.05) is 5.32 Å². The maximum absolute atomic E-state index is 11.9. The fourth-order valence-corrected chi connectivity index (χ4v) is 2.31. The van der Waals surface area contributed by atoms with Crippen LogP contribution in [0.2, 0.25) is 10.0 Å². The second kappa shape index (κ2) is 6.63. The Labute approximate surface area is 126 Å². The number of amides is 2. The molecule has 5 nitrogen and oxygen atoms in total. The number of carbonyl (C=O) groups excluding carboxylic acids is 1. The van der Waals surface area contributed by atoms with E-state index in [0.717, 1.165) is 6.42 Å². The number of nitrogens with zero attached hydrogens (tertiary/aromatic N) is 1. The van der Waals surface area contributed by atoms with E-state index in [1.165, 1.54) is 0 Å². The maximum atomic E-state index is 11.9. The van der Waals surface area contributed by atoms with Gasteiger partial charge in [0.2, 0.25) is 0 Å². The minimum atomic E-state index is -0.341. The van der Waals surface area contributed by atoms with Gasteiger partial charge in [-0.1, -0.05) is 30.1 Å². The predicted octanol–water partition coefficient (Wildman–Crippen LogP) is 3.99. The minimum absolute atomic E-state index is 0.181. The molecule has 0 bridgehead atoms. The largest absolute Gasteiger partial charge is 0.347 e. The molecule has 20 heavy (non-hydrogen) atoms. The Kier molecular flexibility index (Phi) is 4.87. The molecule has 0 radical (unpaired) electrons. The lowest BCUT2D eigenvalue weighted by molar-refractivity contribution is 0.247. The van der Waals surface area contributed by atoms with Crippen LogP contribution in [0.4, 0.5) is 10.5 Å². The number of H-pyrrole nitrogens is 1. The third-order valence-corrected chi connectivity index (χ3v) is 3.12. The van der Waals surface area contributed by atoms with Gasteiger partial charge in [-0.05, 0) is 24.6 Å². The Morgan fingerprint density at radius 3 is 2.60 bits per heavy atom. The SMILES string of the molecule is CCC(NC(=O)Nc1cc(Cl)cc(Cl)c1)c1ncc[nH]1. The molecule has 0 aliphatic rings. The summed E-state index contributed by atoms with van der Waals surface area (Å²) in [4.78, 5) is 19.1. The van der Waals surface area contributed by atoms with Crippen molar-refractivity contribution in [1.82, 2.24) is 15.3 Å². The van der Waals surface area contributed by atoms with Gasteiger partial charge < -0.3 is 15.6 Å². The third-order valence-electron chi connectivity index (χ3n) is 2.68. The molecule has 2 aromatic rings. The summed E-state index contributed by atoms with van der Waals surface area (Å²) in [6, 6.07) is 4.33. The molecule has 1 aromatic carbocycles. The quantitative estimate of drug-likeness (QED) is 0.799. The lowest BCUT2D eigenvalue weighted by atomic mass is 10.2. The topological polar surface area (TPSA) is 69.8 Å². The van der Waals surface area contributed by atoms with E-state index < -0.39 is 0 Å². The zero-order chi connectivity index (χ0) is 14.5. The van der Waals surface area contributed by atoms with Crippen LogP contribution >= 0.6 is 23.2 Å². The highest BCUT2D eigenvalue weighted by Gasteiger charge is 2.14. The molecule has 2 rings (SSSR count). The summed E-state index contributed by atoms with van der Waals surface area (Å²) in [6.45, 7) is 1.96. The minimum Gasteiger partial charge on any atom is -0.347 e. The van der Waals surface area contributed by atoms with Crippen molar-refractivity contribution in [3.8, 4) is 0 Å². The number of aromatic amines is 1. The van der Waals surface area contributed by atoms with Crippen LogP contribution in [0, 0.1) is 0 Å². The van der Waals surface area contributed by atoms with Crippen LogP contribution < -0.4 is 10.6 Å². The number of nitrogens with one attached hydrogen (secondary N) is 3. The molecule has 1 heterocycles. The first kappa shape index (κ1) is 14.7. The fourth-order valence-electron chi connectivity index (χ4n) is 1.78. The van der Waals surface area contributed by atoms with E-state index in [1.54, 1.807) is 30.6 Å². The monoisotopic (exact) mass is 312 g/mol.